The number of hydrogen-bond donors (Lipinski definition) is 1. The zero-order chi connectivity index (χ0) is 22.8. The summed E-state index contributed by atoms with van der Waals surface area (Å²) in [5, 5.41) is 3.43. The quantitative estimate of drug-likeness (QED) is 0.566. The first-order valence-corrected chi connectivity index (χ1v) is 11.5. The third-order valence-electron chi connectivity index (χ3n) is 5.63. The predicted molar refractivity (Wildman–Crippen MR) is 128 cm³/mol. The van der Waals surface area contributed by atoms with Gasteiger partial charge in [0.2, 0.25) is 0 Å². The van der Waals surface area contributed by atoms with Gasteiger partial charge >= 0.3 is 5.91 Å². The van der Waals surface area contributed by atoms with E-state index in [0.29, 0.717) is 36.2 Å². The lowest BCUT2D eigenvalue weighted by atomic mass is 10.1. The van der Waals surface area contributed by atoms with E-state index in [4.69, 9.17) is 9.47 Å². The number of anilines is 2. The lowest BCUT2D eigenvalue weighted by Gasteiger charge is -2.29. The highest BCUT2D eigenvalue weighted by Gasteiger charge is 2.21. The zero-order valence-corrected chi connectivity index (χ0v) is 18.9. The number of morpholine rings is 1. The molecule has 0 saturated carbocycles. The van der Waals surface area contributed by atoms with Gasteiger partial charge in [-0.1, -0.05) is 23.5 Å². The van der Waals surface area contributed by atoms with Crippen LogP contribution in [0.4, 0.5) is 10.8 Å². The fraction of sp³-hybridized carbons (Fsp3) is 0.250. The van der Waals surface area contributed by atoms with Crippen molar-refractivity contribution in [3.63, 3.8) is 0 Å². The molecule has 8 nitrogen and oxygen atoms in total. The van der Waals surface area contributed by atoms with Crippen LogP contribution in [0.25, 0.3) is 10.2 Å². The third-order valence-corrected chi connectivity index (χ3v) is 6.63. The average Bonchev–Trinajstić information content (AvgIpc) is 3.45. The molecule has 1 saturated heterocycles. The number of benzene rings is 2. The minimum Gasteiger partial charge on any atom is -0.494 e. The lowest BCUT2D eigenvalue weighted by Crippen LogP contribution is -2.36. The van der Waals surface area contributed by atoms with Crippen molar-refractivity contribution in [1.29, 1.82) is 0 Å². The molecule has 2 aliphatic heterocycles. The number of amides is 2. The van der Waals surface area contributed by atoms with Crippen molar-refractivity contribution in [3.05, 3.63) is 59.7 Å². The van der Waals surface area contributed by atoms with Crippen molar-refractivity contribution in [3.8, 4) is 5.75 Å². The van der Waals surface area contributed by atoms with Crippen molar-refractivity contribution in [2.75, 3.05) is 43.6 Å². The number of hydrogen-bond acceptors (Lipinski definition) is 7. The molecular weight excluding hydrogens is 440 g/mol. The summed E-state index contributed by atoms with van der Waals surface area (Å²) in [7, 11) is 1.62. The summed E-state index contributed by atoms with van der Waals surface area (Å²) in [4.78, 5) is 31.5. The number of nitrogens with one attached hydrogen (secondary N) is 1. The second kappa shape index (κ2) is 9.13. The van der Waals surface area contributed by atoms with Crippen molar-refractivity contribution >= 4 is 50.4 Å². The van der Waals surface area contributed by atoms with Gasteiger partial charge in [0.15, 0.2) is 17.9 Å². The van der Waals surface area contributed by atoms with Crippen LogP contribution < -0.4 is 15.0 Å². The Bertz CT molecular complexity index is 1270. The molecule has 1 aromatic heterocycles. The van der Waals surface area contributed by atoms with Gasteiger partial charge in [0, 0.05) is 30.3 Å². The van der Waals surface area contributed by atoms with E-state index in [1.807, 2.05) is 24.3 Å². The van der Waals surface area contributed by atoms with Crippen molar-refractivity contribution < 1.29 is 23.6 Å². The first-order valence-electron chi connectivity index (χ1n) is 10.6. The minimum atomic E-state index is -0.238. The number of methoxy groups -OCH3 is 1. The lowest BCUT2D eigenvalue weighted by molar-refractivity contribution is -0.452. The summed E-state index contributed by atoms with van der Waals surface area (Å²) in [6.45, 7) is 3.46. The summed E-state index contributed by atoms with van der Waals surface area (Å²) in [5.41, 5.74) is 3.27. The number of allylic oxidation sites excluding steroid dienone is 1. The number of fused-ring (bicyclic) bond motifs is 1. The number of ether oxygens (including phenoxy) is 2. The Hall–Kier alpha value is -3.56. The van der Waals surface area contributed by atoms with E-state index in [-0.39, 0.29) is 11.8 Å². The van der Waals surface area contributed by atoms with Gasteiger partial charge in [0.05, 0.1) is 36.8 Å². The summed E-state index contributed by atoms with van der Waals surface area (Å²) in [5.74, 6) is 0.392. The SMILES string of the molecule is COc1ccc(N2CCOCC2)c2sc(NC(=O)c3ccc(C[N+]4=CC=CC4=O)cc3)nc12. The molecule has 0 atom stereocenters. The number of carbonyl (C=O) groups is 2. The van der Waals surface area contributed by atoms with Crippen LogP contribution in [0.2, 0.25) is 0 Å². The van der Waals surface area contributed by atoms with E-state index in [2.05, 4.69) is 15.2 Å². The third kappa shape index (κ3) is 4.37. The Morgan fingerprint density at radius 2 is 2.00 bits per heavy atom. The molecule has 2 amide bonds. The van der Waals surface area contributed by atoms with Gasteiger partial charge in [0.1, 0.15) is 11.3 Å². The molecule has 0 radical (unpaired) electrons. The molecule has 0 aliphatic carbocycles. The molecule has 3 heterocycles. The highest BCUT2D eigenvalue weighted by molar-refractivity contribution is 7.23. The largest absolute Gasteiger partial charge is 0.494 e. The number of nitrogens with zero attached hydrogens (tertiary/aromatic N) is 3. The average molecular weight is 464 g/mol. The van der Waals surface area contributed by atoms with E-state index in [0.717, 1.165) is 34.6 Å². The van der Waals surface area contributed by atoms with E-state index in [9.17, 15) is 9.59 Å². The normalized spacial score (nSPS) is 15.7. The van der Waals surface area contributed by atoms with Crippen LogP contribution in [0.15, 0.2) is 48.6 Å². The molecule has 33 heavy (non-hydrogen) atoms. The monoisotopic (exact) mass is 463 g/mol. The number of rotatable bonds is 6. The van der Waals surface area contributed by atoms with E-state index in [1.54, 1.807) is 36.1 Å². The van der Waals surface area contributed by atoms with E-state index in [1.165, 1.54) is 17.4 Å². The maximum atomic E-state index is 12.9. The topological polar surface area (TPSA) is 83.8 Å². The number of carbonyl (C=O) groups excluding carboxylic acids is 2. The minimum absolute atomic E-state index is 0.0421. The Balaban J connectivity index is 1.35. The highest BCUT2D eigenvalue weighted by Crippen LogP contribution is 2.39. The van der Waals surface area contributed by atoms with E-state index >= 15 is 0 Å². The Labute approximate surface area is 194 Å². The maximum Gasteiger partial charge on any atom is 0.412 e. The van der Waals surface area contributed by atoms with Crippen LogP contribution in [-0.4, -0.2) is 61.0 Å². The molecule has 0 spiro atoms. The van der Waals surface area contributed by atoms with Gasteiger partial charge in [-0.25, -0.2) is 9.78 Å². The second-order valence-corrected chi connectivity index (χ2v) is 8.71. The van der Waals surface area contributed by atoms with Gasteiger partial charge in [0.25, 0.3) is 5.91 Å². The first-order chi connectivity index (χ1) is 16.1. The molecule has 2 aromatic carbocycles. The fourth-order valence-corrected chi connectivity index (χ4v) is 4.92. The van der Waals surface area contributed by atoms with Crippen LogP contribution >= 0.6 is 11.3 Å². The Kier molecular flexibility index (Phi) is 5.89. The molecule has 1 N–H and O–H groups in total. The van der Waals surface area contributed by atoms with Crippen LogP contribution in [0.1, 0.15) is 15.9 Å². The van der Waals surface area contributed by atoms with Crippen LogP contribution in [0, 0.1) is 0 Å². The molecule has 9 heteroatoms. The van der Waals surface area contributed by atoms with E-state index < -0.39 is 0 Å². The van der Waals surface area contributed by atoms with Crippen LogP contribution in [0.5, 0.6) is 5.75 Å². The molecule has 0 unspecified atom stereocenters. The van der Waals surface area contributed by atoms with Gasteiger partial charge in [-0.2, -0.15) is 4.58 Å². The van der Waals surface area contributed by atoms with Crippen LogP contribution in [0.3, 0.4) is 0 Å². The molecular formula is C24H23N4O4S+. The summed E-state index contributed by atoms with van der Waals surface area (Å²) in [6.07, 6.45) is 5.00. The standard InChI is InChI=1S/C24H22N4O4S/c1-31-19-9-8-18(27-11-13-32-14-12-27)22-21(19)25-24(33-22)26-23(30)17-6-4-16(5-7-17)15-28-10-2-3-20(28)29/h2-10H,11-15H2,1H3/p+1. The van der Waals surface area contributed by atoms with Crippen molar-refractivity contribution in [2.24, 2.45) is 0 Å². The highest BCUT2D eigenvalue weighted by atomic mass is 32.1. The second-order valence-electron chi connectivity index (χ2n) is 7.71. The molecule has 168 valence electrons. The van der Waals surface area contributed by atoms with Gasteiger partial charge in [-0.3, -0.25) is 10.1 Å². The fourth-order valence-electron chi connectivity index (χ4n) is 3.90. The van der Waals surface area contributed by atoms with Crippen molar-refractivity contribution in [1.82, 2.24) is 4.98 Å². The van der Waals surface area contributed by atoms with Gasteiger partial charge < -0.3 is 14.4 Å². The predicted octanol–water partition coefficient (Wildman–Crippen LogP) is 3.07. The molecule has 3 aromatic rings. The Morgan fingerprint density at radius 1 is 1.21 bits per heavy atom. The zero-order valence-electron chi connectivity index (χ0n) is 18.1. The maximum absolute atomic E-state index is 12.9. The molecule has 1 fully saturated rings. The number of thiazole rings is 1. The Morgan fingerprint density at radius 3 is 2.70 bits per heavy atom. The molecule has 5 rings (SSSR count). The van der Waals surface area contributed by atoms with Crippen LogP contribution in [-0.2, 0) is 16.1 Å². The van der Waals surface area contributed by atoms with Gasteiger partial charge in [-0.15, -0.1) is 0 Å². The molecule has 2 aliphatic rings. The summed E-state index contributed by atoms with van der Waals surface area (Å²) in [6, 6.07) is 11.2. The molecule has 0 bridgehead atoms. The van der Waals surface area contributed by atoms with Crippen molar-refractivity contribution in [2.45, 2.75) is 6.54 Å². The first kappa shape index (κ1) is 21.3. The van der Waals surface area contributed by atoms with Gasteiger partial charge in [-0.05, 0) is 24.3 Å². The summed E-state index contributed by atoms with van der Waals surface area (Å²) >= 11 is 1.43. The number of aromatic nitrogens is 1. The summed E-state index contributed by atoms with van der Waals surface area (Å²) < 4.78 is 13.6. The smallest absolute Gasteiger partial charge is 0.412 e.